The maximum Gasteiger partial charge on any atom is 0.264 e. The van der Waals surface area contributed by atoms with Crippen molar-refractivity contribution in [2.45, 2.75) is 19.8 Å². The van der Waals surface area contributed by atoms with Crippen LogP contribution in [0.2, 0.25) is 0 Å². The number of nitrogens with zero attached hydrogens (tertiary/aromatic N) is 3. The van der Waals surface area contributed by atoms with E-state index in [0.717, 1.165) is 18.5 Å². The molecule has 17 heavy (non-hydrogen) atoms. The Morgan fingerprint density at radius 2 is 2.24 bits per heavy atom. The Hall–Kier alpha value is -1.31. The third kappa shape index (κ3) is 2.68. The summed E-state index contributed by atoms with van der Waals surface area (Å²) in [5, 5.41) is 0. The smallest absolute Gasteiger partial charge is 0.264 e. The Labute approximate surface area is 112 Å². The van der Waals surface area contributed by atoms with E-state index in [1.54, 1.807) is 18.6 Å². The molecule has 0 aliphatic heterocycles. The fourth-order valence-electron chi connectivity index (χ4n) is 1.45. The van der Waals surface area contributed by atoms with Crippen molar-refractivity contribution in [2.75, 3.05) is 0 Å². The maximum atomic E-state index is 11.8. The van der Waals surface area contributed by atoms with Crippen molar-refractivity contribution in [3.05, 3.63) is 38.2 Å². The minimum Gasteiger partial charge on any atom is -0.304 e. The van der Waals surface area contributed by atoms with E-state index in [1.165, 1.54) is 0 Å². The van der Waals surface area contributed by atoms with Gasteiger partial charge in [0.15, 0.2) is 5.82 Å². The lowest BCUT2D eigenvalue weighted by Crippen LogP contribution is -2.16. The van der Waals surface area contributed by atoms with E-state index in [4.69, 9.17) is 0 Å². The molecule has 2 heterocycles. The van der Waals surface area contributed by atoms with Crippen molar-refractivity contribution in [1.29, 1.82) is 0 Å². The summed E-state index contributed by atoms with van der Waals surface area (Å²) in [6.45, 7) is 2.06. The average Bonchev–Trinajstić information content (AvgIpc) is 2.36. The lowest BCUT2D eigenvalue weighted by molar-refractivity contribution is 0.858. The molecular weight excluding hydrogens is 331 g/mol. The van der Waals surface area contributed by atoms with Crippen molar-refractivity contribution in [3.8, 4) is 11.5 Å². The first kappa shape index (κ1) is 12.2. The molecular formula is C11H11IN4O. The Balaban J connectivity index is 2.53. The van der Waals surface area contributed by atoms with Crippen LogP contribution in [-0.4, -0.2) is 19.9 Å². The van der Waals surface area contributed by atoms with Crippen LogP contribution in [-0.2, 0) is 6.42 Å². The second-order valence-corrected chi connectivity index (χ2v) is 4.59. The number of nitrogens with one attached hydrogen (secondary N) is 1. The Morgan fingerprint density at radius 3 is 2.88 bits per heavy atom. The van der Waals surface area contributed by atoms with Gasteiger partial charge >= 0.3 is 0 Å². The molecule has 5 nitrogen and oxygen atoms in total. The molecule has 0 radical (unpaired) electrons. The van der Waals surface area contributed by atoms with Gasteiger partial charge in [0, 0.05) is 12.4 Å². The molecule has 0 amide bonds. The largest absolute Gasteiger partial charge is 0.304 e. The number of hydrogen-bond donors (Lipinski definition) is 1. The second-order valence-electron chi connectivity index (χ2n) is 3.52. The van der Waals surface area contributed by atoms with E-state index in [9.17, 15) is 4.79 Å². The van der Waals surface area contributed by atoms with Crippen LogP contribution < -0.4 is 5.56 Å². The first-order chi connectivity index (χ1) is 8.22. The fourth-order valence-corrected chi connectivity index (χ4v) is 1.98. The fraction of sp³-hybridized carbons (Fsp3) is 0.273. The molecule has 0 aromatic carbocycles. The van der Waals surface area contributed by atoms with Gasteiger partial charge < -0.3 is 4.98 Å². The quantitative estimate of drug-likeness (QED) is 0.864. The number of hydrogen-bond acceptors (Lipinski definition) is 4. The summed E-state index contributed by atoms with van der Waals surface area (Å²) in [7, 11) is 0. The van der Waals surface area contributed by atoms with Gasteiger partial charge in [0.2, 0.25) is 0 Å². The average molecular weight is 342 g/mol. The highest BCUT2D eigenvalue weighted by molar-refractivity contribution is 14.1. The van der Waals surface area contributed by atoms with Gasteiger partial charge in [0.1, 0.15) is 5.69 Å². The molecule has 88 valence electrons. The van der Waals surface area contributed by atoms with Crippen LogP contribution in [0.15, 0.2) is 23.4 Å². The van der Waals surface area contributed by atoms with Crippen LogP contribution in [0.25, 0.3) is 11.5 Å². The molecule has 0 bridgehead atoms. The summed E-state index contributed by atoms with van der Waals surface area (Å²) in [6, 6.07) is 0. The van der Waals surface area contributed by atoms with Crippen LogP contribution in [0.3, 0.4) is 0 Å². The molecule has 0 fully saturated rings. The van der Waals surface area contributed by atoms with Crippen LogP contribution in [0, 0.1) is 3.57 Å². The second kappa shape index (κ2) is 5.35. The Bertz CT molecular complexity index is 567. The maximum absolute atomic E-state index is 11.8. The summed E-state index contributed by atoms with van der Waals surface area (Å²) >= 11 is 2.02. The standard InChI is InChI=1S/C11H11IN4O/c1-2-3-7-9(12)11(17)16-10(15-7)8-6-13-4-5-14-8/h4-6H,2-3H2,1H3,(H,15,16,17). The summed E-state index contributed by atoms with van der Waals surface area (Å²) in [6.07, 6.45) is 6.48. The monoisotopic (exact) mass is 342 g/mol. The molecule has 0 unspecified atom stereocenters. The van der Waals surface area contributed by atoms with Gasteiger partial charge in [-0.25, -0.2) is 9.97 Å². The third-order valence-electron chi connectivity index (χ3n) is 2.22. The van der Waals surface area contributed by atoms with Crippen molar-refractivity contribution in [3.63, 3.8) is 0 Å². The number of aryl methyl sites for hydroxylation is 1. The van der Waals surface area contributed by atoms with Crippen LogP contribution >= 0.6 is 22.6 Å². The number of halogens is 1. The topological polar surface area (TPSA) is 71.5 Å². The normalized spacial score (nSPS) is 10.5. The number of aromatic amines is 1. The summed E-state index contributed by atoms with van der Waals surface area (Å²) in [4.78, 5) is 27.0. The van der Waals surface area contributed by atoms with Crippen molar-refractivity contribution in [1.82, 2.24) is 19.9 Å². The first-order valence-corrected chi connectivity index (χ1v) is 6.35. The molecule has 6 heteroatoms. The van der Waals surface area contributed by atoms with Crippen molar-refractivity contribution >= 4 is 22.6 Å². The minimum atomic E-state index is -0.121. The molecule has 0 spiro atoms. The Kier molecular flexibility index (Phi) is 3.82. The minimum absolute atomic E-state index is 0.121. The van der Waals surface area contributed by atoms with Gasteiger partial charge in [-0.1, -0.05) is 13.3 Å². The van der Waals surface area contributed by atoms with Gasteiger partial charge in [-0.2, -0.15) is 0 Å². The molecule has 2 aromatic rings. The predicted octanol–water partition coefficient (Wildman–Crippen LogP) is 1.78. The SMILES string of the molecule is CCCc1nc(-c2cnccn2)[nH]c(=O)c1I. The molecule has 2 rings (SSSR count). The van der Waals surface area contributed by atoms with E-state index in [-0.39, 0.29) is 5.56 Å². The first-order valence-electron chi connectivity index (χ1n) is 5.27. The van der Waals surface area contributed by atoms with Crippen LogP contribution in [0.1, 0.15) is 19.0 Å². The highest BCUT2D eigenvalue weighted by atomic mass is 127. The molecule has 0 aliphatic rings. The third-order valence-corrected chi connectivity index (χ3v) is 3.34. The van der Waals surface area contributed by atoms with Gasteiger partial charge in [-0.05, 0) is 29.0 Å². The van der Waals surface area contributed by atoms with Crippen LogP contribution in [0.4, 0.5) is 0 Å². The van der Waals surface area contributed by atoms with E-state index in [0.29, 0.717) is 15.1 Å². The van der Waals surface area contributed by atoms with E-state index >= 15 is 0 Å². The van der Waals surface area contributed by atoms with Crippen LogP contribution in [0.5, 0.6) is 0 Å². The van der Waals surface area contributed by atoms with E-state index in [2.05, 4.69) is 26.9 Å². The highest BCUT2D eigenvalue weighted by Crippen LogP contribution is 2.12. The lowest BCUT2D eigenvalue weighted by atomic mass is 10.2. The number of aromatic nitrogens is 4. The van der Waals surface area contributed by atoms with Crippen molar-refractivity contribution < 1.29 is 0 Å². The van der Waals surface area contributed by atoms with Gasteiger partial charge in [0.25, 0.3) is 5.56 Å². The van der Waals surface area contributed by atoms with E-state index in [1.807, 2.05) is 22.6 Å². The Morgan fingerprint density at radius 1 is 1.41 bits per heavy atom. The molecule has 0 aliphatic carbocycles. The van der Waals surface area contributed by atoms with Gasteiger partial charge in [0.05, 0.1) is 15.5 Å². The molecule has 0 saturated carbocycles. The van der Waals surface area contributed by atoms with Crippen molar-refractivity contribution in [2.24, 2.45) is 0 Å². The molecule has 0 atom stereocenters. The number of H-pyrrole nitrogens is 1. The van der Waals surface area contributed by atoms with Gasteiger partial charge in [-0.3, -0.25) is 9.78 Å². The molecule has 2 aromatic heterocycles. The lowest BCUT2D eigenvalue weighted by Gasteiger charge is -2.04. The zero-order valence-electron chi connectivity index (χ0n) is 9.27. The zero-order chi connectivity index (χ0) is 12.3. The zero-order valence-corrected chi connectivity index (χ0v) is 11.4. The van der Waals surface area contributed by atoms with Gasteiger partial charge in [-0.15, -0.1) is 0 Å². The molecule has 1 N–H and O–H groups in total. The highest BCUT2D eigenvalue weighted by Gasteiger charge is 2.10. The molecule has 0 saturated heterocycles. The predicted molar refractivity (Wildman–Crippen MR) is 72.6 cm³/mol. The number of rotatable bonds is 3. The summed E-state index contributed by atoms with van der Waals surface area (Å²) < 4.78 is 0.650. The summed E-state index contributed by atoms with van der Waals surface area (Å²) in [5.41, 5.74) is 1.28. The summed E-state index contributed by atoms with van der Waals surface area (Å²) in [5.74, 6) is 0.479. The van der Waals surface area contributed by atoms with E-state index < -0.39 is 0 Å².